The van der Waals surface area contributed by atoms with Gasteiger partial charge in [-0.3, -0.25) is 29.4 Å². The predicted octanol–water partition coefficient (Wildman–Crippen LogP) is 9.62. The van der Waals surface area contributed by atoms with Crippen molar-refractivity contribution in [2.75, 3.05) is 30.5 Å². The lowest BCUT2D eigenvalue weighted by molar-refractivity contribution is -0.384. The Kier molecular flexibility index (Phi) is 13.3. The number of amides is 3. The quantitative estimate of drug-likeness (QED) is 0.0508. The Hall–Kier alpha value is -9.21. The second-order valence-electron chi connectivity index (χ2n) is 18.2. The molecule has 0 radical (unpaired) electrons. The van der Waals surface area contributed by atoms with Crippen molar-refractivity contribution in [3.63, 3.8) is 0 Å². The molecule has 16 nitrogen and oxygen atoms in total. The number of nitrogens with one attached hydrogen (secondary N) is 1. The fourth-order valence-electron chi connectivity index (χ4n) is 10.8. The summed E-state index contributed by atoms with van der Waals surface area (Å²) in [6, 6.07) is 46.5. The van der Waals surface area contributed by atoms with E-state index in [2.05, 4.69) is 17.2 Å². The van der Waals surface area contributed by atoms with E-state index >= 15 is 19.2 Å². The summed E-state index contributed by atoms with van der Waals surface area (Å²) in [6.07, 6.45) is -2.13. The summed E-state index contributed by atoms with van der Waals surface area (Å²) in [5.74, 6) is 3.08. The Morgan fingerprint density at radius 3 is 2.20 bits per heavy atom. The Balaban J connectivity index is 1.18. The predicted molar refractivity (Wildman–Crippen MR) is 281 cm³/mol. The van der Waals surface area contributed by atoms with Crippen LogP contribution >= 0.6 is 11.3 Å². The van der Waals surface area contributed by atoms with E-state index in [0.29, 0.717) is 44.6 Å². The van der Waals surface area contributed by atoms with Crippen molar-refractivity contribution in [2.24, 2.45) is 5.92 Å². The van der Waals surface area contributed by atoms with Gasteiger partial charge in [0, 0.05) is 28.8 Å². The Morgan fingerprint density at radius 1 is 0.816 bits per heavy atom. The Labute approximate surface area is 439 Å². The third kappa shape index (κ3) is 8.73. The number of nitro groups is 1. The molecule has 0 bridgehead atoms. The van der Waals surface area contributed by atoms with Crippen LogP contribution in [-0.2, 0) is 35.9 Å². The highest BCUT2D eigenvalue weighted by atomic mass is 32.1. The summed E-state index contributed by atoms with van der Waals surface area (Å²) >= 11 is 1.21. The standard InChI is InChI=1S/C59H45N5O11S/c1-72-42-29-24-36(25-30-42)20-21-37-26-31-46-44(34-37)59(56(68)62(46)58(69)74-35-38-22-27-41(28-23-38)64(70)71)49(54(66)61-57-60-45-17-9-11-19-48(45)76-57)51-55(67)75-52(40-14-6-3-7-15-40)50(39-12-4-2-5-13-39)63(51)53(59)43-16-8-10-18-47(43)73-33-32-65/h2-19,22-31,34,49-53,65H,32-33,35H2,1H3,(H,60,61,66). The number of imide groups is 1. The first-order chi connectivity index (χ1) is 37.1. The number of carbonyl (C=O) groups is 4. The van der Waals surface area contributed by atoms with Crippen LogP contribution in [0.2, 0.25) is 0 Å². The molecule has 3 aliphatic heterocycles. The maximum Gasteiger partial charge on any atom is 0.421 e. The lowest BCUT2D eigenvalue weighted by Gasteiger charge is -2.46. The number of aromatic nitrogens is 1. The number of anilines is 2. The summed E-state index contributed by atoms with van der Waals surface area (Å²) in [7, 11) is 1.56. The number of methoxy groups -OCH3 is 1. The lowest BCUT2D eigenvalue weighted by Crippen LogP contribution is -2.54. The number of para-hydroxylation sites is 2. The van der Waals surface area contributed by atoms with Crippen molar-refractivity contribution in [1.29, 1.82) is 0 Å². The van der Waals surface area contributed by atoms with Gasteiger partial charge in [-0.1, -0.05) is 114 Å². The van der Waals surface area contributed by atoms with Crippen LogP contribution in [0.3, 0.4) is 0 Å². The zero-order valence-electron chi connectivity index (χ0n) is 40.5. The number of carbonyl (C=O) groups excluding carboxylic acids is 4. The summed E-state index contributed by atoms with van der Waals surface area (Å²) in [4.78, 5) is 82.1. The first kappa shape index (κ1) is 49.0. The van der Waals surface area contributed by atoms with Gasteiger partial charge < -0.3 is 29.4 Å². The maximum atomic E-state index is 16.8. The van der Waals surface area contributed by atoms with Crippen LogP contribution in [-0.4, -0.2) is 70.2 Å². The number of morpholine rings is 1. The molecule has 0 saturated carbocycles. The summed E-state index contributed by atoms with van der Waals surface area (Å²) in [6.45, 7) is -0.923. The van der Waals surface area contributed by atoms with Crippen LogP contribution in [0.25, 0.3) is 10.2 Å². The van der Waals surface area contributed by atoms with Gasteiger partial charge in [0.15, 0.2) is 5.13 Å². The molecule has 11 rings (SSSR count). The lowest BCUT2D eigenvalue weighted by atomic mass is 9.65. The number of non-ortho nitro benzene ring substituents is 1. The first-order valence-corrected chi connectivity index (χ1v) is 25.0. The molecule has 1 spiro atoms. The molecule has 17 heteroatoms. The van der Waals surface area contributed by atoms with Crippen molar-refractivity contribution < 1.29 is 48.2 Å². The third-order valence-electron chi connectivity index (χ3n) is 14.0. The van der Waals surface area contributed by atoms with Gasteiger partial charge in [0.05, 0.1) is 52.5 Å². The third-order valence-corrected chi connectivity index (χ3v) is 14.9. The van der Waals surface area contributed by atoms with E-state index in [9.17, 15) is 15.2 Å². The van der Waals surface area contributed by atoms with E-state index in [4.69, 9.17) is 23.9 Å². The second-order valence-corrected chi connectivity index (χ2v) is 19.2. The summed E-state index contributed by atoms with van der Waals surface area (Å²) in [5.41, 5.74) is 1.52. The monoisotopic (exact) mass is 1030 g/mol. The number of aliphatic hydroxyl groups is 1. The SMILES string of the molecule is COc1ccc(C#Cc2ccc3c(c2)C2(C(=O)N3C(=O)OCc3ccc([N+](=O)[O-])cc3)C(C(=O)Nc3nc4ccccc4s3)C3C(=O)OC(c4ccccc4)C(c4ccccc4)N3C2c2ccccc2OCCO)cc1. The number of fused-ring (bicyclic) bond motifs is 4. The summed E-state index contributed by atoms with van der Waals surface area (Å²) in [5, 5.41) is 24.9. The van der Waals surface area contributed by atoms with Crippen LogP contribution < -0.4 is 19.7 Å². The van der Waals surface area contributed by atoms with Crippen molar-refractivity contribution >= 4 is 61.9 Å². The van der Waals surface area contributed by atoms with E-state index in [1.807, 2.05) is 83.8 Å². The van der Waals surface area contributed by atoms with E-state index in [0.717, 1.165) is 9.60 Å². The number of esters is 1. The molecule has 2 N–H and O–H groups in total. The number of nitrogens with zero attached hydrogens (tertiary/aromatic N) is 4. The van der Waals surface area contributed by atoms with Crippen molar-refractivity contribution in [3.8, 4) is 23.3 Å². The number of hydrogen-bond acceptors (Lipinski definition) is 14. The number of aliphatic hydroxyl groups excluding tert-OH is 1. The van der Waals surface area contributed by atoms with E-state index in [-0.39, 0.29) is 41.0 Å². The van der Waals surface area contributed by atoms with E-state index < -0.39 is 71.0 Å². The molecule has 3 aliphatic rings. The number of ether oxygens (including phenoxy) is 4. The second kappa shape index (κ2) is 20.6. The molecule has 1 aromatic heterocycles. The van der Waals surface area contributed by atoms with Gasteiger partial charge in [-0.15, -0.1) is 0 Å². The Bertz CT molecular complexity index is 3570. The van der Waals surface area contributed by atoms with Crippen LogP contribution in [0.4, 0.5) is 21.3 Å². The highest BCUT2D eigenvalue weighted by Crippen LogP contribution is 2.67. The number of nitro benzene ring substituents is 1. The van der Waals surface area contributed by atoms with Crippen LogP contribution in [0, 0.1) is 27.9 Å². The minimum absolute atomic E-state index is 0.0503. The molecule has 6 unspecified atom stereocenters. The molecule has 2 saturated heterocycles. The zero-order chi connectivity index (χ0) is 52.5. The maximum absolute atomic E-state index is 16.8. The molecular weight excluding hydrogens is 987 g/mol. The van der Waals surface area contributed by atoms with Crippen LogP contribution in [0.1, 0.15) is 57.1 Å². The van der Waals surface area contributed by atoms with Gasteiger partial charge in [-0.2, -0.15) is 0 Å². The minimum atomic E-state index is -2.23. The zero-order valence-corrected chi connectivity index (χ0v) is 41.3. The molecule has 3 amide bonds. The number of thiazole rings is 1. The molecular formula is C59H45N5O11S. The van der Waals surface area contributed by atoms with Gasteiger partial charge in [0.2, 0.25) is 11.8 Å². The van der Waals surface area contributed by atoms with Crippen molar-refractivity contribution in [2.45, 2.75) is 36.3 Å². The van der Waals surface area contributed by atoms with Gasteiger partial charge in [-0.05, 0) is 95.1 Å². The number of cyclic esters (lactones) is 1. The van der Waals surface area contributed by atoms with Crippen LogP contribution in [0.15, 0.2) is 176 Å². The van der Waals surface area contributed by atoms with E-state index in [1.165, 1.54) is 35.6 Å². The molecule has 2 fully saturated rings. The molecule has 0 aliphatic carbocycles. The molecule has 378 valence electrons. The number of benzene rings is 7. The largest absolute Gasteiger partial charge is 0.497 e. The average molecular weight is 1030 g/mol. The number of hydrogen-bond donors (Lipinski definition) is 2. The topological polar surface area (TPSA) is 200 Å². The van der Waals surface area contributed by atoms with Gasteiger partial charge in [0.25, 0.3) is 5.69 Å². The highest BCUT2D eigenvalue weighted by molar-refractivity contribution is 7.22. The van der Waals surface area contributed by atoms with Crippen molar-refractivity contribution in [1.82, 2.24) is 9.88 Å². The first-order valence-electron chi connectivity index (χ1n) is 24.2. The molecule has 8 aromatic rings. The van der Waals surface area contributed by atoms with Crippen LogP contribution in [0.5, 0.6) is 11.5 Å². The molecule has 7 aromatic carbocycles. The van der Waals surface area contributed by atoms with Gasteiger partial charge >= 0.3 is 12.1 Å². The van der Waals surface area contributed by atoms with Gasteiger partial charge in [-0.25, -0.2) is 14.7 Å². The van der Waals surface area contributed by atoms with E-state index in [1.54, 1.807) is 79.9 Å². The average Bonchev–Trinajstić information content (AvgIpc) is 4.12. The molecule has 4 heterocycles. The smallest absolute Gasteiger partial charge is 0.421 e. The molecule has 76 heavy (non-hydrogen) atoms. The fraction of sp³-hybridized carbons (Fsp3) is 0.169. The Morgan fingerprint density at radius 2 is 1.49 bits per heavy atom. The normalized spacial score (nSPS) is 20.5. The number of rotatable bonds is 12. The minimum Gasteiger partial charge on any atom is -0.497 e. The fourth-order valence-corrected chi connectivity index (χ4v) is 11.6. The highest BCUT2D eigenvalue weighted by Gasteiger charge is 2.76. The molecule has 6 atom stereocenters. The van der Waals surface area contributed by atoms with Crippen molar-refractivity contribution in [3.05, 3.63) is 225 Å². The van der Waals surface area contributed by atoms with Gasteiger partial charge in [0.1, 0.15) is 42.3 Å². The summed E-state index contributed by atoms with van der Waals surface area (Å²) < 4.78 is 25.0.